The normalized spacial score (nSPS) is 28.1. The third kappa shape index (κ3) is 3.30. The highest BCUT2D eigenvalue weighted by atomic mass is 79.9. The lowest BCUT2D eigenvalue weighted by Gasteiger charge is -2.35. The zero-order valence-electron chi connectivity index (χ0n) is 9.16. The highest BCUT2D eigenvalue weighted by molar-refractivity contribution is 9.09. The minimum absolute atomic E-state index is 0.706. The molecule has 1 saturated heterocycles. The van der Waals surface area contributed by atoms with E-state index in [9.17, 15) is 0 Å². The van der Waals surface area contributed by atoms with Crippen molar-refractivity contribution in [3.05, 3.63) is 22.4 Å². The maximum atomic E-state index is 3.74. The molecule has 2 heterocycles. The van der Waals surface area contributed by atoms with Crippen molar-refractivity contribution >= 4 is 27.3 Å². The number of likely N-dealkylation sites (tertiary alicyclic amines) is 1. The molecule has 0 saturated carbocycles. The van der Waals surface area contributed by atoms with Crippen molar-refractivity contribution < 1.29 is 0 Å². The molecule has 0 aromatic carbocycles. The van der Waals surface area contributed by atoms with Gasteiger partial charge < -0.3 is 0 Å². The smallest absolute Gasteiger partial charge is 0.0273 e. The van der Waals surface area contributed by atoms with Crippen LogP contribution >= 0.6 is 27.3 Å². The van der Waals surface area contributed by atoms with Gasteiger partial charge in [-0.15, -0.1) is 11.3 Å². The predicted octanol–water partition coefficient (Wildman–Crippen LogP) is 3.54. The van der Waals surface area contributed by atoms with Crippen LogP contribution in [0.25, 0.3) is 0 Å². The van der Waals surface area contributed by atoms with Gasteiger partial charge in [0, 0.05) is 28.8 Å². The van der Waals surface area contributed by atoms with Gasteiger partial charge in [-0.2, -0.15) is 0 Å². The molecule has 1 aromatic rings. The van der Waals surface area contributed by atoms with Crippen molar-refractivity contribution in [3.63, 3.8) is 0 Å². The lowest BCUT2D eigenvalue weighted by molar-refractivity contribution is 0.169. The van der Waals surface area contributed by atoms with Crippen LogP contribution in [0.1, 0.15) is 24.6 Å². The Kier molecular flexibility index (Phi) is 4.23. The highest BCUT2D eigenvalue weighted by Crippen LogP contribution is 2.22. The SMILES string of the molecule is CC1CCC(Br)CN1CCc1cccs1. The molecule has 1 aromatic heterocycles. The largest absolute Gasteiger partial charge is 0.299 e. The average molecular weight is 288 g/mol. The fourth-order valence-electron chi connectivity index (χ4n) is 2.15. The van der Waals surface area contributed by atoms with E-state index in [0.29, 0.717) is 4.83 Å². The Morgan fingerprint density at radius 1 is 1.53 bits per heavy atom. The maximum Gasteiger partial charge on any atom is 0.0273 e. The third-order valence-corrected chi connectivity index (χ3v) is 4.86. The standard InChI is InChI=1S/C12H18BrNS/c1-10-4-5-11(13)9-14(10)7-6-12-3-2-8-15-12/h2-3,8,10-11H,4-7,9H2,1H3. The first-order chi connectivity index (χ1) is 7.25. The lowest BCUT2D eigenvalue weighted by atomic mass is 10.0. The zero-order chi connectivity index (χ0) is 10.7. The maximum absolute atomic E-state index is 3.74. The first-order valence-corrected chi connectivity index (χ1v) is 7.46. The summed E-state index contributed by atoms with van der Waals surface area (Å²) in [5, 5.41) is 2.17. The van der Waals surface area contributed by atoms with E-state index in [2.05, 4.69) is 45.3 Å². The molecule has 1 aliphatic heterocycles. The van der Waals surface area contributed by atoms with E-state index < -0.39 is 0 Å². The molecule has 0 amide bonds. The van der Waals surface area contributed by atoms with Gasteiger partial charge in [-0.3, -0.25) is 4.90 Å². The van der Waals surface area contributed by atoms with Crippen LogP contribution in [0, 0.1) is 0 Å². The van der Waals surface area contributed by atoms with Gasteiger partial charge in [0.1, 0.15) is 0 Å². The third-order valence-electron chi connectivity index (χ3n) is 3.18. The number of hydrogen-bond acceptors (Lipinski definition) is 2. The van der Waals surface area contributed by atoms with Gasteiger partial charge in [-0.05, 0) is 37.6 Å². The summed E-state index contributed by atoms with van der Waals surface area (Å²) in [5.74, 6) is 0. The van der Waals surface area contributed by atoms with Crippen LogP contribution < -0.4 is 0 Å². The van der Waals surface area contributed by atoms with E-state index in [1.54, 1.807) is 0 Å². The van der Waals surface area contributed by atoms with Gasteiger partial charge in [-0.1, -0.05) is 22.0 Å². The number of rotatable bonds is 3. The number of hydrogen-bond donors (Lipinski definition) is 0. The average Bonchev–Trinajstić information content (AvgIpc) is 2.72. The molecular weight excluding hydrogens is 270 g/mol. The van der Waals surface area contributed by atoms with Crippen molar-refractivity contribution in [1.29, 1.82) is 0 Å². The molecule has 1 aliphatic rings. The molecular formula is C12H18BrNS. The molecule has 0 aliphatic carbocycles. The number of thiophene rings is 1. The monoisotopic (exact) mass is 287 g/mol. The van der Waals surface area contributed by atoms with Crippen LogP contribution in [0.2, 0.25) is 0 Å². The Labute approximate surface area is 105 Å². The van der Waals surface area contributed by atoms with Gasteiger partial charge in [0.25, 0.3) is 0 Å². The molecule has 3 heteroatoms. The van der Waals surface area contributed by atoms with Crippen molar-refractivity contribution in [2.45, 2.75) is 37.1 Å². The van der Waals surface area contributed by atoms with Crippen LogP contribution in [0.5, 0.6) is 0 Å². The van der Waals surface area contributed by atoms with Crippen molar-refractivity contribution in [2.75, 3.05) is 13.1 Å². The van der Waals surface area contributed by atoms with Gasteiger partial charge >= 0.3 is 0 Å². The molecule has 2 unspecified atom stereocenters. The van der Waals surface area contributed by atoms with Crippen LogP contribution in [0.3, 0.4) is 0 Å². The first-order valence-electron chi connectivity index (χ1n) is 5.66. The summed E-state index contributed by atoms with van der Waals surface area (Å²) in [6.07, 6.45) is 3.87. The summed E-state index contributed by atoms with van der Waals surface area (Å²) >= 11 is 5.61. The van der Waals surface area contributed by atoms with Crippen molar-refractivity contribution in [3.8, 4) is 0 Å². The summed E-state index contributed by atoms with van der Waals surface area (Å²) in [4.78, 5) is 4.83. The number of nitrogens with zero attached hydrogens (tertiary/aromatic N) is 1. The van der Waals surface area contributed by atoms with Crippen LogP contribution in [0.4, 0.5) is 0 Å². The minimum atomic E-state index is 0.706. The summed E-state index contributed by atoms with van der Waals surface area (Å²) in [7, 11) is 0. The molecule has 15 heavy (non-hydrogen) atoms. The van der Waals surface area contributed by atoms with Crippen molar-refractivity contribution in [2.24, 2.45) is 0 Å². The molecule has 84 valence electrons. The van der Waals surface area contributed by atoms with Crippen molar-refractivity contribution in [1.82, 2.24) is 4.90 Å². The number of piperidine rings is 1. The van der Waals surface area contributed by atoms with Gasteiger partial charge in [0.05, 0.1) is 0 Å². The Morgan fingerprint density at radius 2 is 2.40 bits per heavy atom. The second-order valence-electron chi connectivity index (χ2n) is 4.35. The van der Waals surface area contributed by atoms with E-state index in [4.69, 9.17) is 0 Å². The van der Waals surface area contributed by atoms with E-state index in [1.807, 2.05) is 11.3 Å². The van der Waals surface area contributed by atoms with Crippen LogP contribution in [-0.4, -0.2) is 28.9 Å². The molecule has 0 radical (unpaired) electrons. The quantitative estimate of drug-likeness (QED) is 0.769. The number of halogens is 1. The second kappa shape index (κ2) is 5.46. The van der Waals surface area contributed by atoms with Crippen LogP contribution in [0.15, 0.2) is 17.5 Å². The van der Waals surface area contributed by atoms with Gasteiger partial charge in [-0.25, -0.2) is 0 Å². The zero-order valence-corrected chi connectivity index (χ0v) is 11.6. The molecule has 0 spiro atoms. The Bertz CT molecular complexity index is 286. The minimum Gasteiger partial charge on any atom is -0.299 e. The summed E-state index contributed by atoms with van der Waals surface area (Å²) < 4.78 is 0. The lowest BCUT2D eigenvalue weighted by Crippen LogP contribution is -2.43. The highest BCUT2D eigenvalue weighted by Gasteiger charge is 2.23. The van der Waals surface area contributed by atoms with E-state index in [1.165, 1.54) is 37.2 Å². The molecule has 0 bridgehead atoms. The molecule has 2 atom stereocenters. The van der Waals surface area contributed by atoms with Gasteiger partial charge in [0.15, 0.2) is 0 Å². The molecule has 0 N–H and O–H groups in total. The molecule has 1 fully saturated rings. The summed E-state index contributed by atoms with van der Waals surface area (Å²) in [6.45, 7) is 4.78. The Morgan fingerprint density at radius 3 is 3.13 bits per heavy atom. The topological polar surface area (TPSA) is 3.24 Å². The van der Waals surface area contributed by atoms with Gasteiger partial charge in [0.2, 0.25) is 0 Å². The Balaban J connectivity index is 1.82. The Hall–Kier alpha value is 0.140. The van der Waals surface area contributed by atoms with E-state index in [-0.39, 0.29) is 0 Å². The van der Waals surface area contributed by atoms with Crippen LogP contribution in [-0.2, 0) is 6.42 Å². The fourth-order valence-corrected chi connectivity index (χ4v) is 3.49. The van der Waals surface area contributed by atoms with E-state index in [0.717, 1.165) is 6.04 Å². The number of alkyl halides is 1. The second-order valence-corrected chi connectivity index (χ2v) is 6.68. The fraction of sp³-hybridized carbons (Fsp3) is 0.667. The predicted molar refractivity (Wildman–Crippen MR) is 71.0 cm³/mol. The molecule has 1 nitrogen and oxygen atoms in total. The summed E-state index contributed by atoms with van der Waals surface area (Å²) in [6, 6.07) is 5.15. The first kappa shape index (κ1) is 11.6. The van der Waals surface area contributed by atoms with E-state index >= 15 is 0 Å². The summed E-state index contributed by atoms with van der Waals surface area (Å²) in [5.41, 5.74) is 0. The molecule has 2 rings (SSSR count).